The van der Waals surface area contributed by atoms with Crippen LogP contribution in [-0.4, -0.2) is 110 Å². The molecule has 2 aliphatic heterocycles. The fourth-order valence-corrected chi connectivity index (χ4v) is 2.59. The number of nitrogens with two attached hydrogens (primary N) is 1. The molecule has 25 heavy (non-hydrogen) atoms. The molecule has 0 aliphatic carbocycles. The van der Waals surface area contributed by atoms with E-state index in [1.54, 1.807) is 0 Å². The van der Waals surface area contributed by atoms with Gasteiger partial charge in [0.25, 0.3) is 0 Å². The number of rotatable bonds is 4. The van der Waals surface area contributed by atoms with Crippen LogP contribution in [0.4, 0.5) is 0 Å². The Morgan fingerprint density at radius 2 is 1.60 bits per heavy atom. The normalized spacial score (nSPS) is 47.8. The number of carbonyl (C=O) groups is 1. The number of hydrogen-bond donors (Lipinski definition) is 8. The van der Waals surface area contributed by atoms with Gasteiger partial charge in [-0.1, -0.05) is 0 Å². The van der Waals surface area contributed by atoms with E-state index in [2.05, 4.69) is 0 Å². The zero-order valence-corrected chi connectivity index (χ0v) is 13.9. The van der Waals surface area contributed by atoms with Crippen LogP contribution >= 0.6 is 0 Å². The molecule has 0 amide bonds. The Hall–Kier alpha value is -0.411. The first kappa shape index (κ1) is 22.6. The molecule has 0 unspecified atom stereocenters. The summed E-state index contributed by atoms with van der Waals surface area (Å²) < 4.78 is 15.0. The van der Waals surface area contributed by atoms with Crippen molar-refractivity contribution in [1.29, 1.82) is 0 Å². The van der Waals surface area contributed by atoms with Gasteiger partial charge < -0.3 is 55.7 Å². The molecular formula is C12H21MnNO11. The van der Waals surface area contributed by atoms with Gasteiger partial charge in [0, 0.05) is 17.1 Å². The van der Waals surface area contributed by atoms with Crippen LogP contribution in [0.25, 0.3) is 0 Å². The predicted molar refractivity (Wildman–Crippen MR) is 71.1 cm³/mol. The number of carboxylic acid groups (broad SMARTS) is 1. The molecule has 0 aromatic carbocycles. The zero-order valence-electron chi connectivity index (χ0n) is 12.7. The maximum absolute atomic E-state index is 11.0. The average Bonchev–Trinajstić information content (AvgIpc) is 2.54. The molecule has 2 rings (SSSR count). The van der Waals surface area contributed by atoms with E-state index in [9.17, 15) is 30.3 Å². The first-order chi connectivity index (χ1) is 11.2. The monoisotopic (exact) mass is 410 g/mol. The van der Waals surface area contributed by atoms with Crippen LogP contribution in [0.15, 0.2) is 0 Å². The Kier molecular flexibility index (Phi) is 8.14. The first-order valence-electron chi connectivity index (χ1n) is 7.15. The second kappa shape index (κ2) is 8.99. The molecule has 0 aromatic rings. The topological polar surface area (TPSA) is 212 Å². The van der Waals surface area contributed by atoms with Crippen molar-refractivity contribution in [3.63, 3.8) is 0 Å². The third kappa shape index (κ3) is 4.47. The second-order valence-electron chi connectivity index (χ2n) is 5.65. The molecule has 2 aliphatic rings. The van der Waals surface area contributed by atoms with Crippen molar-refractivity contribution in [3.8, 4) is 0 Å². The molecule has 2 saturated heterocycles. The van der Waals surface area contributed by atoms with Crippen LogP contribution in [0.2, 0.25) is 0 Å². The summed E-state index contributed by atoms with van der Waals surface area (Å²) in [6.45, 7) is -0.669. The Bertz CT molecular complexity index is 457. The minimum atomic E-state index is -1.90. The van der Waals surface area contributed by atoms with Crippen molar-refractivity contribution in [2.75, 3.05) is 6.61 Å². The SMILES string of the molecule is N[C@@H]1[C@@H](O[C@@H]2O[C@H](C(=O)O)[C@@H](O)[C@H](O)[C@H]2O)[C@@H](O)[C@@H](CO)O[C@H]1O.[Mn]. The van der Waals surface area contributed by atoms with Crippen LogP contribution in [-0.2, 0) is 36.1 Å². The Morgan fingerprint density at radius 3 is 2.12 bits per heavy atom. The summed E-state index contributed by atoms with van der Waals surface area (Å²) in [5, 5.41) is 67.0. The van der Waals surface area contributed by atoms with Crippen molar-refractivity contribution in [2.24, 2.45) is 5.73 Å². The van der Waals surface area contributed by atoms with E-state index in [1.807, 2.05) is 0 Å². The maximum Gasteiger partial charge on any atom is 0.335 e. The molecule has 0 aromatic heterocycles. The zero-order chi connectivity index (χ0) is 18.2. The molecule has 2 fully saturated rings. The quantitative estimate of drug-likeness (QED) is 0.204. The number of aliphatic hydroxyl groups is 6. The minimum Gasteiger partial charge on any atom is -0.479 e. The van der Waals surface area contributed by atoms with Crippen molar-refractivity contribution >= 4 is 5.97 Å². The van der Waals surface area contributed by atoms with E-state index in [0.717, 1.165) is 0 Å². The third-order valence-electron chi connectivity index (χ3n) is 4.02. The average molecular weight is 410 g/mol. The summed E-state index contributed by atoms with van der Waals surface area (Å²) in [5.41, 5.74) is 5.64. The van der Waals surface area contributed by atoms with Crippen molar-refractivity contribution in [1.82, 2.24) is 0 Å². The van der Waals surface area contributed by atoms with E-state index >= 15 is 0 Å². The standard InChI is InChI=1S/C12H21NO11.Mn/c13-3-8(4(15)2(1-14)22-11(3)21)23-12-7(18)5(16)6(17)9(24-12)10(19)20;/h2-9,11-12,14-18,21H,1,13H2,(H,19,20);/t2-,3-,4+,5+,6+,7-,8-,9+,11-,12-;/m1./s1. The van der Waals surface area contributed by atoms with Crippen LogP contribution in [0.5, 0.6) is 0 Å². The van der Waals surface area contributed by atoms with Crippen molar-refractivity contribution in [2.45, 2.75) is 61.3 Å². The summed E-state index contributed by atoms with van der Waals surface area (Å²) in [4.78, 5) is 11.0. The maximum atomic E-state index is 11.0. The Morgan fingerprint density at radius 1 is 1.00 bits per heavy atom. The molecule has 0 saturated carbocycles. The fourth-order valence-electron chi connectivity index (χ4n) is 2.59. The van der Waals surface area contributed by atoms with Gasteiger partial charge in [0.1, 0.15) is 36.6 Å². The van der Waals surface area contributed by atoms with Crippen molar-refractivity contribution < 1.29 is 71.8 Å². The fraction of sp³-hybridized carbons (Fsp3) is 0.917. The van der Waals surface area contributed by atoms with Crippen molar-refractivity contribution in [3.05, 3.63) is 0 Å². The molecule has 12 nitrogen and oxygen atoms in total. The molecule has 2 heterocycles. The van der Waals surface area contributed by atoms with Crippen LogP contribution in [0.1, 0.15) is 0 Å². The van der Waals surface area contributed by atoms with E-state index < -0.39 is 73.9 Å². The van der Waals surface area contributed by atoms with Gasteiger partial charge in [0.15, 0.2) is 18.7 Å². The van der Waals surface area contributed by atoms with E-state index in [4.69, 9.17) is 30.2 Å². The number of hydrogen-bond acceptors (Lipinski definition) is 11. The molecule has 147 valence electrons. The predicted octanol–water partition coefficient (Wildman–Crippen LogP) is -5.34. The van der Waals surface area contributed by atoms with E-state index in [0.29, 0.717) is 0 Å². The van der Waals surface area contributed by atoms with E-state index in [1.165, 1.54) is 0 Å². The van der Waals surface area contributed by atoms with Gasteiger partial charge in [-0.25, -0.2) is 4.79 Å². The van der Waals surface area contributed by atoms with Gasteiger partial charge in [-0.2, -0.15) is 0 Å². The largest absolute Gasteiger partial charge is 0.479 e. The molecule has 0 spiro atoms. The van der Waals surface area contributed by atoms with Gasteiger partial charge >= 0.3 is 5.97 Å². The van der Waals surface area contributed by atoms with Gasteiger partial charge in [-0.3, -0.25) is 0 Å². The Labute approximate surface area is 152 Å². The summed E-state index contributed by atoms with van der Waals surface area (Å²) in [6.07, 6.45) is -15.1. The third-order valence-corrected chi connectivity index (χ3v) is 4.02. The molecule has 9 N–H and O–H groups in total. The van der Waals surface area contributed by atoms with Gasteiger partial charge in [0.2, 0.25) is 0 Å². The van der Waals surface area contributed by atoms with Crippen LogP contribution in [0, 0.1) is 0 Å². The summed E-state index contributed by atoms with van der Waals surface area (Å²) in [7, 11) is 0. The number of aliphatic carboxylic acids is 1. The molecular weight excluding hydrogens is 389 g/mol. The number of aliphatic hydroxyl groups excluding tert-OH is 6. The summed E-state index contributed by atoms with van der Waals surface area (Å²) in [5.74, 6) is -1.60. The molecule has 13 heteroatoms. The number of carboxylic acids is 1. The van der Waals surface area contributed by atoms with Gasteiger partial charge in [-0.15, -0.1) is 0 Å². The van der Waals surface area contributed by atoms with Crippen LogP contribution < -0.4 is 5.73 Å². The second-order valence-corrected chi connectivity index (χ2v) is 5.65. The number of ether oxygens (including phenoxy) is 3. The molecule has 0 bridgehead atoms. The van der Waals surface area contributed by atoms with Gasteiger partial charge in [0.05, 0.1) is 12.6 Å². The smallest absolute Gasteiger partial charge is 0.335 e. The van der Waals surface area contributed by atoms with E-state index in [-0.39, 0.29) is 17.1 Å². The Balaban J connectivity index is 0.00000312. The van der Waals surface area contributed by atoms with Gasteiger partial charge in [-0.05, 0) is 0 Å². The first-order valence-corrected chi connectivity index (χ1v) is 7.15. The summed E-state index contributed by atoms with van der Waals surface area (Å²) in [6, 6.07) is -1.31. The minimum absolute atomic E-state index is 0. The molecule has 10 atom stereocenters. The summed E-state index contributed by atoms with van der Waals surface area (Å²) >= 11 is 0. The van der Waals surface area contributed by atoms with Crippen LogP contribution in [0.3, 0.4) is 0 Å². The molecule has 1 radical (unpaired) electrons.